The summed E-state index contributed by atoms with van der Waals surface area (Å²) in [6, 6.07) is 2.03. The van der Waals surface area contributed by atoms with Crippen LogP contribution >= 0.6 is 0 Å². The Balaban J connectivity index is 2.57. The molecule has 0 unspecified atom stereocenters. The van der Waals surface area contributed by atoms with Gasteiger partial charge in [0.25, 0.3) is 5.91 Å². The van der Waals surface area contributed by atoms with Crippen molar-refractivity contribution in [1.82, 2.24) is 5.32 Å². The molecule has 0 saturated carbocycles. The van der Waals surface area contributed by atoms with Gasteiger partial charge in [0.05, 0.1) is 17.8 Å². The van der Waals surface area contributed by atoms with Gasteiger partial charge in [-0.2, -0.15) is 0 Å². The van der Waals surface area contributed by atoms with Crippen molar-refractivity contribution >= 4 is 23.6 Å². The van der Waals surface area contributed by atoms with Gasteiger partial charge in [0.2, 0.25) is 0 Å². The molecule has 0 bridgehead atoms. The number of rotatable bonds is 2. The molecule has 88 valence electrons. The van der Waals surface area contributed by atoms with Crippen LogP contribution in [0.4, 0.5) is 14.9 Å². The third kappa shape index (κ3) is 1.82. The number of carboxylic acids is 1. The zero-order valence-corrected chi connectivity index (χ0v) is 8.44. The fraction of sp³-hybridized carbons (Fsp3) is 0.100. The highest BCUT2D eigenvalue weighted by molar-refractivity contribution is 6.21. The monoisotopic (exact) mass is 238 g/mol. The first-order valence-electron chi connectivity index (χ1n) is 4.64. The van der Waals surface area contributed by atoms with Gasteiger partial charge in [-0.1, -0.05) is 0 Å². The van der Waals surface area contributed by atoms with Gasteiger partial charge in [-0.15, -0.1) is 0 Å². The van der Waals surface area contributed by atoms with Crippen LogP contribution in [0.5, 0.6) is 0 Å². The van der Waals surface area contributed by atoms with E-state index in [1.165, 1.54) is 0 Å². The number of halogens is 1. The summed E-state index contributed by atoms with van der Waals surface area (Å²) in [6.45, 7) is -0.228. The summed E-state index contributed by atoms with van der Waals surface area (Å²) in [5.74, 6) is -2.69. The van der Waals surface area contributed by atoms with Crippen LogP contribution in [0.2, 0.25) is 0 Å². The molecule has 17 heavy (non-hydrogen) atoms. The number of urea groups is 1. The molecule has 0 radical (unpaired) electrons. The first-order valence-corrected chi connectivity index (χ1v) is 4.64. The molecule has 1 saturated heterocycles. The largest absolute Gasteiger partial charge is 0.478 e. The molecule has 3 amide bonds. The van der Waals surface area contributed by atoms with Crippen molar-refractivity contribution < 1.29 is 23.9 Å². The lowest BCUT2D eigenvalue weighted by molar-refractivity contribution is -0.115. The maximum absolute atomic E-state index is 13.1. The Morgan fingerprint density at radius 1 is 1.41 bits per heavy atom. The minimum atomic E-state index is -1.34. The van der Waals surface area contributed by atoms with Crippen molar-refractivity contribution in [2.75, 3.05) is 11.4 Å². The Morgan fingerprint density at radius 3 is 2.65 bits per heavy atom. The molecule has 0 aromatic heterocycles. The second kappa shape index (κ2) is 3.85. The minimum Gasteiger partial charge on any atom is -0.478 e. The second-order valence-corrected chi connectivity index (χ2v) is 3.35. The number of imide groups is 1. The van der Waals surface area contributed by atoms with E-state index in [1.54, 1.807) is 0 Å². The highest BCUT2D eigenvalue weighted by Crippen LogP contribution is 2.24. The number of aromatic carboxylic acids is 1. The second-order valence-electron chi connectivity index (χ2n) is 3.35. The number of carbonyl (C=O) groups is 3. The molecule has 2 N–H and O–H groups in total. The number of carboxylic acid groups (broad SMARTS) is 1. The Hall–Kier alpha value is -2.44. The SMILES string of the molecule is O=C(O)c1ccc(F)cc1N1C(=O)CNC1=O. The lowest BCUT2D eigenvalue weighted by Gasteiger charge is -2.14. The lowest BCUT2D eigenvalue weighted by Crippen LogP contribution is -2.32. The predicted octanol–water partition coefficient (Wildman–Crippen LogP) is 0.580. The van der Waals surface area contributed by atoms with E-state index in [-0.39, 0.29) is 17.8 Å². The van der Waals surface area contributed by atoms with Crippen molar-refractivity contribution in [3.05, 3.63) is 29.6 Å². The van der Waals surface area contributed by atoms with Gasteiger partial charge < -0.3 is 10.4 Å². The molecule has 0 atom stereocenters. The molecule has 1 aromatic carbocycles. The average molecular weight is 238 g/mol. The van der Waals surface area contributed by atoms with Gasteiger partial charge in [-0.3, -0.25) is 4.79 Å². The van der Waals surface area contributed by atoms with Crippen LogP contribution < -0.4 is 10.2 Å². The first-order chi connectivity index (χ1) is 8.00. The number of benzene rings is 1. The number of nitrogens with one attached hydrogen (secondary N) is 1. The maximum Gasteiger partial charge on any atom is 0.337 e. The Morgan fingerprint density at radius 2 is 2.12 bits per heavy atom. The van der Waals surface area contributed by atoms with Crippen LogP contribution in [-0.2, 0) is 4.79 Å². The van der Waals surface area contributed by atoms with Crippen molar-refractivity contribution in [3.8, 4) is 0 Å². The Kier molecular flexibility index (Phi) is 2.51. The third-order valence-corrected chi connectivity index (χ3v) is 2.27. The van der Waals surface area contributed by atoms with E-state index in [0.29, 0.717) is 4.90 Å². The topological polar surface area (TPSA) is 86.7 Å². The zero-order chi connectivity index (χ0) is 12.6. The molecule has 1 fully saturated rings. The van der Waals surface area contributed by atoms with Crippen LogP contribution in [0.3, 0.4) is 0 Å². The Bertz CT molecular complexity index is 513. The van der Waals surface area contributed by atoms with E-state index in [2.05, 4.69) is 5.32 Å². The number of nitrogens with zero attached hydrogens (tertiary/aromatic N) is 1. The molecule has 7 heteroatoms. The van der Waals surface area contributed by atoms with Gasteiger partial charge in [-0.25, -0.2) is 18.9 Å². The summed E-state index contributed by atoms with van der Waals surface area (Å²) < 4.78 is 13.1. The van der Waals surface area contributed by atoms with Crippen molar-refractivity contribution in [2.45, 2.75) is 0 Å². The minimum absolute atomic E-state index is 0.228. The molecule has 1 aliphatic rings. The fourth-order valence-corrected chi connectivity index (χ4v) is 1.54. The molecular weight excluding hydrogens is 231 g/mol. The summed E-state index contributed by atoms with van der Waals surface area (Å²) >= 11 is 0. The number of hydrogen-bond acceptors (Lipinski definition) is 3. The summed E-state index contributed by atoms with van der Waals surface area (Å²) in [4.78, 5) is 34.3. The highest BCUT2D eigenvalue weighted by Gasteiger charge is 2.33. The lowest BCUT2D eigenvalue weighted by atomic mass is 10.1. The molecule has 1 aromatic rings. The van der Waals surface area contributed by atoms with Crippen LogP contribution in [0.1, 0.15) is 10.4 Å². The fourth-order valence-electron chi connectivity index (χ4n) is 1.54. The number of carbonyl (C=O) groups excluding carboxylic acids is 2. The van der Waals surface area contributed by atoms with E-state index < -0.39 is 23.7 Å². The summed E-state index contributed by atoms with van der Waals surface area (Å²) in [6.07, 6.45) is 0. The van der Waals surface area contributed by atoms with Crippen LogP contribution in [0.25, 0.3) is 0 Å². The highest BCUT2D eigenvalue weighted by atomic mass is 19.1. The standard InChI is InChI=1S/C10H7FN2O4/c11-5-1-2-6(9(15)16)7(3-5)13-8(14)4-12-10(13)17/h1-3H,4H2,(H,12,17)(H,15,16). The molecular formula is C10H7FN2O4. The molecule has 1 heterocycles. The van der Waals surface area contributed by atoms with Gasteiger partial charge >= 0.3 is 12.0 Å². The van der Waals surface area contributed by atoms with Gasteiger partial charge in [0.1, 0.15) is 5.82 Å². The van der Waals surface area contributed by atoms with Gasteiger partial charge in [0.15, 0.2) is 0 Å². The molecule has 2 rings (SSSR count). The number of anilines is 1. The zero-order valence-electron chi connectivity index (χ0n) is 8.44. The van der Waals surface area contributed by atoms with E-state index >= 15 is 0 Å². The molecule has 1 aliphatic heterocycles. The summed E-state index contributed by atoms with van der Waals surface area (Å²) in [5.41, 5.74) is -0.575. The molecule has 6 nitrogen and oxygen atoms in total. The van der Waals surface area contributed by atoms with E-state index in [1.807, 2.05) is 0 Å². The first kappa shape index (κ1) is 11.1. The number of amides is 3. The summed E-state index contributed by atoms with van der Waals surface area (Å²) in [7, 11) is 0. The quantitative estimate of drug-likeness (QED) is 0.738. The normalized spacial score (nSPS) is 15.0. The predicted molar refractivity (Wildman–Crippen MR) is 54.2 cm³/mol. The van der Waals surface area contributed by atoms with E-state index in [0.717, 1.165) is 18.2 Å². The van der Waals surface area contributed by atoms with Crippen molar-refractivity contribution in [3.63, 3.8) is 0 Å². The third-order valence-electron chi connectivity index (χ3n) is 2.27. The smallest absolute Gasteiger partial charge is 0.337 e. The molecule has 0 aliphatic carbocycles. The Labute approximate surface area is 94.6 Å². The number of hydrogen-bond donors (Lipinski definition) is 2. The van der Waals surface area contributed by atoms with Crippen LogP contribution in [0, 0.1) is 5.82 Å². The summed E-state index contributed by atoms with van der Waals surface area (Å²) in [5, 5.41) is 11.1. The van der Waals surface area contributed by atoms with Crippen LogP contribution in [-0.4, -0.2) is 29.6 Å². The molecule has 0 spiro atoms. The maximum atomic E-state index is 13.1. The van der Waals surface area contributed by atoms with Gasteiger partial charge in [-0.05, 0) is 18.2 Å². The van der Waals surface area contributed by atoms with E-state index in [9.17, 15) is 18.8 Å². The average Bonchev–Trinajstić information content (AvgIpc) is 2.58. The van der Waals surface area contributed by atoms with Crippen LogP contribution in [0.15, 0.2) is 18.2 Å². The van der Waals surface area contributed by atoms with Crippen molar-refractivity contribution in [2.24, 2.45) is 0 Å². The van der Waals surface area contributed by atoms with Gasteiger partial charge in [0, 0.05) is 0 Å². The van der Waals surface area contributed by atoms with E-state index in [4.69, 9.17) is 5.11 Å². The van der Waals surface area contributed by atoms with Crippen molar-refractivity contribution in [1.29, 1.82) is 0 Å².